The van der Waals surface area contributed by atoms with Crippen molar-refractivity contribution in [2.75, 3.05) is 0 Å². The summed E-state index contributed by atoms with van der Waals surface area (Å²) < 4.78 is 0. The van der Waals surface area contributed by atoms with Gasteiger partial charge in [-0.05, 0) is 0 Å². The first kappa shape index (κ1) is 18.3. The molecule has 0 aromatic heterocycles. The number of hydrogen-bond donors (Lipinski definition) is 0. The minimum atomic E-state index is 0. The second-order valence-electron chi connectivity index (χ2n) is 2.37. The molecule has 0 aliphatic rings. The van der Waals surface area contributed by atoms with Crippen LogP contribution in [-0.2, 0) is 37.5 Å². The van der Waals surface area contributed by atoms with Gasteiger partial charge in [-0.25, -0.2) is 0 Å². The molecule has 0 saturated carbocycles. The smallest absolute Gasteiger partial charge is 0 e. The van der Waals surface area contributed by atoms with Crippen molar-refractivity contribution in [1.82, 2.24) is 0 Å². The van der Waals surface area contributed by atoms with Crippen molar-refractivity contribution < 1.29 is 37.5 Å². The molecular formula is C10H18OY-2. The van der Waals surface area contributed by atoms with E-state index in [1.807, 2.05) is 27.7 Å². The average molecular weight is 243 g/mol. The van der Waals surface area contributed by atoms with Gasteiger partial charge in [0.1, 0.15) is 0 Å². The van der Waals surface area contributed by atoms with E-state index in [1.165, 1.54) is 0 Å². The first-order valence-electron chi connectivity index (χ1n) is 4.14. The van der Waals surface area contributed by atoms with Crippen molar-refractivity contribution in [2.45, 2.75) is 40.5 Å². The number of carbonyl (C=O) groups excluding carboxylic acids is 1. The predicted octanol–water partition coefficient (Wildman–Crippen LogP) is 2.92. The van der Waals surface area contributed by atoms with Gasteiger partial charge in [-0.2, -0.15) is 6.42 Å². The molecule has 0 amide bonds. The van der Waals surface area contributed by atoms with Crippen molar-refractivity contribution in [3.8, 4) is 0 Å². The third-order valence-corrected chi connectivity index (χ3v) is 1.26. The van der Waals surface area contributed by atoms with Crippen molar-refractivity contribution in [3.63, 3.8) is 0 Å². The molecule has 0 aromatic rings. The summed E-state index contributed by atoms with van der Waals surface area (Å²) in [5.74, 6) is 0.387. The minimum absolute atomic E-state index is 0. The summed E-state index contributed by atoms with van der Waals surface area (Å²) in [5.41, 5.74) is 0.887. The van der Waals surface area contributed by atoms with Crippen LogP contribution in [0.5, 0.6) is 0 Å². The summed E-state index contributed by atoms with van der Waals surface area (Å²) in [6.45, 7) is 13.6. The Morgan fingerprint density at radius 1 is 1.42 bits per heavy atom. The van der Waals surface area contributed by atoms with Gasteiger partial charge in [0.05, 0.1) is 0 Å². The summed E-state index contributed by atoms with van der Waals surface area (Å²) in [6.07, 6.45) is 2.92. The van der Waals surface area contributed by atoms with Crippen molar-refractivity contribution in [2.24, 2.45) is 5.92 Å². The summed E-state index contributed by atoms with van der Waals surface area (Å²) in [4.78, 5) is 9.74. The van der Waals surface area contributed by atoms with E-state index in [4.69, 9.17) is 6.58 Å². The Hall–Kier alpha value is 0.514. The van der Waals surface area contributed by atoms with E-state index in [-0.39, 0.29) is 32.7 Å². The minimum Gasteiger partial charge on any atom is -0.542 e. The normalized spacial score (nSPS) is 7.75. The van der Waals surface area contributed by atoms with Crippen LogP contribution in [0.25, 0.3) is 0 Å². The van der Waals surface area contributed by atoms with Gasteiger partial charge < -0.3 is 11.4 Å². The Morgan fingerprint density at radius 2 is 1.83 bits per heavy atom. The molecule has 0 N–H and O–H groups in total. The van der Waals surface area contributed by atoms with Crippen molar-refractivity contribution >= 4 is 6.29 Å². The van der Waals surface area contributed by atoms with Gasteiger partial charge in [-0.3, -0.25) is 11.9 Å². The van der Waals surface area contributed by atoms with E-state index in [0.717, 1.165) is 5.57 Å². The van der Waals surface area contributed by atoms with Crippen molar-refractivity contribution in [1.29, 1.82) is 0 Å². The van der Waals surface area contributed by atoms with Crippen LogP contribution in [0.2, 0.25) is 0 Å². The first-order valence-corrected chi connectivity index (χ1v) is 4.14. The quantitative estimate of drug-likeness (QED) is 0.694. The van der Waals surface area contributed by atoms with Gasteiger partial charge in [0, 0.05) is 32.7 Å². The van der Waals surface area contributed by atoms with Crippen LogP contribution in [-0.4, -0.2) is 6.29 Å². The van der Waals surface area contributed by atoms with Crippen LogP contribution < -0.4 is 0 Å². The zero-order valence-electron chi connectivity index (χ0n) is 8.55. The largest absolute Gasteiger partial charge is 0.542 e. The van der Waals surface area contributed by atoms with E-state index < -0.39 is 0 Å². The molecule has 0 aliphatic heterocycles. The average Bonchev–Trinajstić information content (AvgIpc) is 2.03. The maximum atomic E-state index is 9.74. The van der Waals surface area contributed by atoms with Crippen molar-refractivity contribution in [3.05, 3.63) is 12.2 Å². The Kier molecular flexibility index (Phi) is 21.5. The van der Waals surface area contributed by atoms with Gasteiger partial charge in [-0.15, -0.1) is 0 Å². The molecule has 1 radical (unpaired) electrons. The standard InChI is InChI=1S/C8H12O.C2H6.Y/c1-7(2)8(3)5-4-6-9;1-2;/h3,7H,4-5H2,1-2H3;1-2H3;/q-2;;. The topological polar surface area (TPSA) is 17.1 Å². The summed E-state index contributed by atoms with van der Waals surface area (Å²) in [5, 5.41) is 0. The van der Waals surface area contributed by atoms with Crippen LogP contribution in [0.3, 0.4) is 0 Å². The maximum Gasteiger partial charge on any atom is 0 e. The van der Waals surface area contributed by atoms with E-state index in [0.29, 0.717) is 18.8 Å². The first-order chi connectivity index (χ1) is 5.18. The van der Waals surface area contributed by atoms with E-state index in [9.17, 15) is 4.79 Å². The number of rotatable bonds is 4. The number of hydrogen-bond acceptors (Lipinski definition) is 1. The fraction of sp³-hybridized carbons (Fsp3) is 0.700. The second kappa shape index (κ2) is 14.1. The zero-order chi connectivity index (χ0) is 9.28. The monoisotopic (exact) mass is 243 g/mol. The summed E-state index contributed by atoms with van der Waals surface area (Å²) in [7, 11) is 0. The van der Waals surface area contributed by atoms with Gasteiger partial charge in [0.2, 0.25) is 0 Å². The molecule has 0 fully saturated rings. The van der Waals surface area contributed by atoms with Crippen LogP contribution >= 0.6 is 0 Å². The fourth-order valence-electron chi connectivity index (χ4n) is 0.484. The molecule has 0 bridgehead atoms. The molecule has 0 atom stereocenters. The van der Waals surface area contributed by atoms with Gasteiger partial charge in [-0.1, -0.05) is 40.0 Å². The Labute approximate surface area is 102 Å². The third-order valence-electron chi connectivity index (χ3n) is 1.26. The predicted molar refractivity (Wildman–Crippen MR) is 48.9 cm³/mol. The van der Waals surface area contributed by atoms with Crippen LogP contribution in [0.4, 0.5) is 0 Å². The molecular weight excluding hydrogens is 225 g/mol. The van der Waals surface area contributed by atoms with Gasteiger partial charge in [0.25, 0.3) is 0 Å². The van der Waals surface area contributed by atoms with E-state index >= 15 is 0 Å². The Morgan fingerprint density at radius 3 is 2.08 bits per heavy atom. The second-order valence-corrected chi connectivity index (χ2v) is 2.37. The molecule has 12 heavy (non-hydrogen) atoms. The third kappa shape index (κ3) is 13.1. The molecule has 0 saturated heterocycles. The van der Waals surface area contributed by atoms with Crippen LogP contribution in [0, 0.1) is 12.5 Å². The molecule has 0 spiro atoms. The molecule has 0 aromatic carbocycles. The molecule has 0 heterocycles. The molecule has 0 aliphatic carbocycles. The van der Waals surface area contributed by atoms with Crippen LogP contribution in [0.1, 0.15) is 40.5 Å². The molecule has 69 valence electrons. The van der Waals surface area contributed by atoms with E-state index in [2.05, 4.69) is 0 Å². The Bertz CT molecular complexity index is 108. The number of allylic oxidation sites excluding steroid dienone is 1. The summed E-state index contributed by atoms with van der Waals surface area (Å²) >= 11 is 0. The van der Waals surface area contributed by atoms with E-state index in [1.54, 1.807) is 6.29 Å². The Balaban J connectivity index is -0.000000249. The molecule has 2 heteroatoms. The maximum absolute atomic E-state index is 9.74. The SMILES string of the molecule is CC.[CH-]=C(CC[C-]=O)C(C)C.[Y]. The van der Waals surface area contributed by atoms with Gasteiger partial charge in [0.15, 0.2) is 0 Å². The summed E-state index contributed by atoms with van der Waals surface area (Å²) in [6, 6.07) is 0. The zero-order valence-corrected chi connectivity index (χ0v) is 11.4. The molecule has 0 unspecified atom stereocenters. The fourth-order valence-corrected chi connectivity index (χ4v) is 0.484. The molecule has 1 nitrogen and oxygen atoms in total. The van der Waals surface area contributed by atoms with Crippen LogP contribution in [0.15, 0.2) is 5.57 Å². The van der Waals surface area contributed by atoms with Gasteiger partial charge >= 0.3 is 0 Å². The molecule has 0 rings (SSSR count).